The van der Waals surface area contributed by atoms with Gasteiger partial charge in [-0.15, -0.1) is 0 Å². The van der Waals surface area contributed by atoms with E-state index in [1.165, 1.54) is 39.4 Å². The zero-order valence-electron chi connectivity index (χ0n) is 19.3. The molecule has 192 valence electrons. The Balaban J connectivity index is 1.58. The number of furan rings is 1. The SMILES string of the molecule is COc1c2ccoc2c(OCC(C)(O)C(C)O[C@@H]2O[C@H](CO)[C@@H](O)[C@H](O)[C@H]2O)c2oc(=O)ccc12. The normalized spacial score (nSPS) is 27.6. The molecule has 1 aliphatic heterocycles. The second-order valence-electron chi connectivity index (χ2n) is 8.64. The molecule has 12 nitrogen and oxygen atoms in total. The Bertz CT molecular complexity index is 1230. The third-order valence-corrected chi connectivity index (χ3v) is 6.18. The lowest BCUT2D eigenvalue weighted by atomic mass is 9.98. The van der Waals surface area contributed by atoms with Gasteiger partial charge in [-0.25, -0.2) is 4.79 Å². The molecule has 2 unspecified atom stereocenters. The minimum Gasteiger partial charge on any atom is -0.495 e. The first-order valence-electron chi connectivity index (χ1n) is 10.9. The zero-order chi connectivity index (χ0) is 25.5. The van der Waals surface area contributed by atoms with Crippen molar-refractivity contribution >= 4 is 21.9 Å². The Hall–Kier alpha value is -2.71. The van der Waals surface area contributed by atoms with Crippen LogP contribution >= 0.6 is 0 Å². The quantitative estimate of drug-likeness (QED) is 0.261. The summed E-state index contributed by atoms with van der Waals surface area (Å²) in [5, 5.41) is 51.5. The van der Waals surface area contributed by atoms with Crippen molar-refractivity contribution < 1.29 is 53.3 Å². The molecule has 1 aliphatic rings. The van der Waals surface area contributed by atoms with Crippen LogP contribution in [0.15, 0.2) is 38.1 Å². The van der Waals surface area contributed by atoms with E-state index in [4.69, 9.17) is 27.8 Å². The van der Waals surface area contributed by atoms with Gasteiger partial charge in [0.25, 0.3) is 0 Å². The van der Waals surface area contributed by atoms with E-state index in [-0.39, 0.29) is 23.5 Å². The number of fused-ring (bicyclic) bond motifs is 2. The minimum absolute atomic E-state index is 0.0649. The van der Waals surface area contributed by atoms with Crippen LogP contribution in [0.1, 0.15) is 13.8 Å². The van der Waals surface area contributed by atoms with E-state index in [1.54, 1.807) is 6.07 Å². The van der Waals surface area contributed by atoms with E-state index in [0.29, 0.717) is 16.5 Å². The van der Waals surface area contributed by atoms with Gasteiger partial charge in [-0.1, -0.05) is 0 Å². The fraction of sp³-hybridized carbons (Fsp3) is 0.522. The number of hydrogen-bond acceptors (Lipinski definition) is 12. The fourth-order valence-corrected chi connectivity index (χ4v) is 3.89. The molecule has 0 spiro atoms. The molecule has 1 saturated heterocycles. The number of aliphatic hydroxyl groups excluding tert-OH is 4. The predicted octanol–water partition coefficient (Wildman–Crippen LogP) is -0.117. The molecule has 0 saturated carbocycles. The van der Waals surface area contributed by atoms with Crippen molar-refractivity contribution in [3.8, 4) is 11.5 Å². The number of methoxy groups -OCH3 is 1. The van der Waals surface area contributed by atoms with Gasteiger partial charge in [0.05, 0.1) is 36.9 Å². The summed E-state index contributed by atoms with van der Waals surface area (Å²) in [5.74, 6) is 0.491. The molecule has 7 atom stereocenters. The Morgan fingerprint density at radius 2 is 1.77 bits per heavy atom. The Morgan fingerprint density at radius 3 is 2.46 bits per heavy atom. The lowest BCUT2D eigenvalue weighted by molar-refractivity contribution is -0.321. The van der Waals surface area contributed by atoms with Gasteiger partial charge in [-0.2, -0.15) is 0 Å². The van der Waals surface area contributed by atoms with Crippen LogP contribution in [-0.2, 0) is 9.47 Å². The van der Waals surface area contributed by atoms with Gasteiger partial charge < -0.3 is 53.3 Å². The standard InChI is InChI=1S/C23H28O12/c1-10(33-22-17(28)16(27)15(26)13(8-24)34-22)23(2,29)9-32-21-19-12(6-7-31-19)18(30-3)11-4-5-14(25)35-20(11)21/h4-7,10,13,15-17,22,24,26-29H,8-9H2,1-3H3/t10?,13-,15-,16+,17-,22-,23?/m1/s1. The molecular formula is C23H28O12. The van der Waals surface area contributed by atoms with Gasteiger partial charge >= 0.3 is 5.63 Å². The highest BCUT2D eigenvalue weighted by atomic mass is 16.7. The molecule has 1 fully saturated rings. The van der Waals surface area contributed by atoms with Gasteiger partial charge in [-0.05, 0) is 26.0 Å². The van der Waals surface area contributed by atoms with Crippen molar-refractivity contribution in [2.24, 2.45) is 0 Å². The highest BCUT2D eigenvalue weighted by Crippen LogP contribution is 2.43. The number of hydrogen-bond donors (Lipinski definition) is 5. The Morgan fingerprint density at radius 1 is 1.06 bits per heavy atom. The highest BCUT2D eigenvalue weighted by Gasteiger charge is 2.46. The minimum atomic E-state index is -1.70. The average Bonchev–Trinajstić information content (AvgIpc) is 3.31. The first-order chi connectivity index (χ1) is 16.6. The molecule has 5 N–H and O–H groups in total. The molecule has 0 radical (unpaired) electrons. The van der Waals surface area contributed by atoms with Crippen LogP contribution < -0.4 is 15.1 Å². The monoisotopic (exact) mass is 496 g/mol. The molecule has 0 aliphatic carbocycles. The second kappa shape index (κ2) is 9.74. The fourth-order valence-electron chi connectivity index (χ4n) is 3.89. The average molecular weight is 496 g/mol. The van der Waals surface area contributed by atoms with Crippen molar-refractivity contribution in [2.45, 2.75) is 56.3 Å². The Labute approximate surface area is 198 Å². The zero-order valence-corrected chi connectivity index (χ0v) is 19.3. The van der Waals surface area contributed by atoms with Gasteiger partial charge in [-0.3, -0.25) is 0 Å². The molecule has 12 heteroatoms. The Kier molecular flexibility index (Phi) is 7.06. The molecule has 0 amide bonds. The van der Waals surface area contributed by atoms with Gasteiger partial charge in [0, 0.05) is 6.07 Å². The van der Waals surface area contributed by atoms with Crippen LogP contribution in [0.4, 0.5) is 0 Å². The summed E-state index contributed by atoms with van der Waals surface area (Å²) in [6.45, 7) is 1.90. The smallest absolute Gasteiger partial charge is 0.336 e. The van der Waals surface area contributed by atoms with Crippen LogP contribution in [0.25, 0.3) is 21.9 Å². The molecule has 2 aromatic heterocycles. The van der Waals surface area contributed by atoms with Crippen molar-refractivity contribution in [3.05, 3.63) is 34.9 Å². The van der Waals surface area contributed by atoms with Crippen molar-refractivity contribution in [3.63, 3.8) is 0 Å². The summed E-state index contributed by atoms with van der Waals surface area (Å²) in [6.07, 6.45) is -7.01. The van der Waals surface area contributed by atoms with E-state index in [2.05, 4.69) is 0 Å². The first-order valence-corrected chi connectivity index (χ1v) is 10.9. The maximum absolute atomic E-state index is 11.9. The van der Waals surface area contributed by atoms with Gasteiger partial charge in [0.15, 0.2) is 17.5 Å². The van der Waals surface area contributed by atoms with Gasteiger partial charge in [0.1, 0.15) is 42.4 Å². The van der Waals surface area contributed by atoms with E-state index >= 15 is 0 Å². The molecule has 3 heterocycles. The maximum atomic E-state index is 11.9. The lowest BCUT2D eigenvalue weighted by Gasteiger charge is -2.42. The molecule has 0 bridgehead atoms. The number of rotatable bonds is 8. The molecule has 1 aromatic carbocycles. The van der Waals surface area contributed by atoms with E-state index in [9.17, 15) is 30.3 Å². The van der Waals surface area contributed by atoms with E-state index < -0.39 is 54.6 Å². The largest absolute Gasteiger partial charge is 0.495 e. The van der Waals surface area contributed by atoms with Crippen LogP contribution in [0, 0.1) is 0 Å². The summed E-state index contributed by atoms with van der Waals surface area (Å²) in [7, 11) is 1.47. The summed E-state index contributed by atoms with van der Waals surface area (Å²) in [6, 6.07) is 4.43. The third kappa shape index (κ3) is 4.61. The summed E-state index contributed by atoms with van der Waals surface area (Å²) < 4.78 is 33.2. The molecule has 4 rings (SSSR count). The van der Waals surface area contributed by atoms with Crippen LogP contribution in [-0.4, -0.2) is 88.3 Å². The number of aliphatic hydroxyl groups is 5. The second-order valence-corrected chi connectivity index (χ2v) is 8.64. The first kappa shape index (κ1) is 25.4. The third-order valence-electron chi connectivity index (χ3n) is 6.18. The summed E-state index contributed by atoms with van der Waals surface area (Å²) in [5.41, 5.74) is -2.02. The maximum Gasteiger partial charge on any atom is 0.336 e. The number of benzene rings is 1. The van der Waals surface area contributed by atoms with E-state index in [1.807, 2.05) is 0 Å². The highest BCUT2D eigenvalue weighted by molar-refractivity contribution is 6.06. The van der Waals surface area contributed by atoms with Crippen LogP contribution in [0.3, 0.4) is 0 Å². The molecular weight excluding hydrogens is 468 g/mol. The molecule has 3 aromatic rings. The van der Waals surface area contributed by atoms with Crippen molar-refractivity contribution in [2.75, 3.05) is 20.3 Å². The van der Waals surface area contributed by atoms with Crippen LogP contribution in [0.5, 0.6) is 11.5 Å². The predicted molar refractivity (Wildman–Crippen MR) is 119 cm³/mol. The summed E-state index contributed by atoms with van der Waals surface area (Å²) >= 11 is 0. The lowest BCUT2D eigenvalue weighted by Crippen LogP contribution is -2.60. The van der Waals surface area contributed by atoms with E-state index in [0.717, 1.165) is 0 Å². The van der Waals surface area contributed by atoms with Crippen LogP contribution in [0.2, 0.25) is 0 Å². The topological polar surface area (TPSA) is 181 Å². The molecule has 35 heavy (non-hydrogen) atoms. The number of ether oxygens (including phenoxy) is 4. The summed E-state index contributed by atoms with van der Waals surface area (Å²) in [4.78, 5) is 11.9. The van der Waals surface area contributed by atoms with Crippen molar-refractivity contribution in [1.82, 2.24) is 0 Å². The van der Waals surface area contributed by atoms with Crippen molar-refractivity contribution in [1.29, 1.82) is 0 Å². The van der Waals surface area contributed by atoms with Gasteiger partial charge in [0.2, 0.25) is 5.75 Å².